The number of nitrogens with one attached hydrogen (secondary N) is 2. The Labute approximate surface area is 112 Å². The molecule has 7 heteroatoms. The number of piperidine rings is 1. The number of amides is 1. The number of rotatable bonds is 3. The molecule has 19 heavy (non-hydrogen) atoms. The molecule has 0 bridgehead atoms. The average Bonchev–Trinajstić information content (AvgIpc) is 2.35. The quantitative estimate of drug-likeness (QED) is 0.686. The van der Waals surface area contributed by atoms with Crippen LogP contribution in [-0.4, -0.2) is 26.9 Å². The number of anilines is 1. The van der Waals surface area contributed by atoms with Crippen molar-refractivity contribution in [2.24, 2.45) is 0 Å². The van der Waals surface area contributed by atoms with Crippen LogP contribution in [-0.2, 0) is 14.8 Å². The monoisotopic (exact) mass is 283 g/mol. The van der Waals surface area contributed by atoms with E-state index in [2.05, 4.69) is 10.0 Å². The van der Waals surface area contributed by atoms with Gasteiger partial charge in [0.1, 0.15) is 0 Å². The average molecular weight is 283 g/mol. The van der Waals surface area contributed by atoms with Gasteiger partial charge in [-0.25, -0.2) is 13.1 Å². The van der Waals surface area contributed by atoms with Crippen molar-refractivity contribution in [3.05, 3.63) is 23.8 Å². The maximum atomic E-state index is 12.2. The van der Waals surface area contributed by atoms with Gasteiger partial charge < -0.3 is 11.1 Å². The fourth-order valence-electron chi connectivity index (χ4n) is 1.94. The maximum absolute atomic E-state index is 12.2. The summed E-state index contributed by atoms with van der Waals surface area (Å²) in [6.45, 7) is 2.08. The number of hydrogen-bond donors (Lipinski definition) is 3. The van der Waals surface area contributed by atoms with Gasteiger partial charge in [0.15, 0.2) is 0 Å². The van der Waals surface area contributed by atoms with E-state index in [9.17, 15) is 13.2 Å². The molecule has 1 heterocycles. The Hall–Kier alpha value is -1.60. The van der Waals surface area contributed by atoms with E-state index in [1.807, 2.05) is 0 Å². The molecule has 2 rings (SSSR count). The molecule has 4 N–H and O–H groups in total. The lowest BCUT2D eigenvalue weighted by atomic mass is 10.1. The lowest BCUT2D eigenvalue weighted by molar-refractivity contribution is -0.122. The zero-order valence-corrected chi connectivity index (χ0v) is 11.5. The van der Waals surface area contributed by atoms with Crippen LogP contribution in [0.4, 0.5) is 5.69 Å². The Balaban J connectivity index is 2.13. The molecule has 0 radical (unpaired) electrons. The van der Waals surface area contributed by atoms with E-state index in [-0.39, 0.29) is 16.8 Å². The zero-order chi connectivity index (χ0) is 14.0. The Morgan fingerprint density at radius 2 is 2.16 bits per heavy atom. The highest BCUT2D eigenvalue weighted by molar-refractivity contribution is 7.89. The normalized spacial score (nSPS) is 20.1. The summed E-state index contributed by atoms with van der Waals surface area (Å²) in [6.07, 6.45) is 0.854. The van der Waals surface area contributed by atoms with Gasteiger partial charge >= 0.3 is 0 Å². The summed E-state index contributed by atoms with van der Waals surface area (Å²) >= 11 is 0. The van der Waals surface area contributed by atoms with Gasteiger partial charge in [0.25, 0.3) is 0 Å². The van der Waals surface area contributed by atoms with Crippen LogP contribution in [0.1, 0.15) is 18.4 Å². The first-order valence-corrected chi connectivity index (χ1v) is 7.52. The van der Waals surface area contributed by atoms with Gasteiger partial charge in [0, 0.05) is 24.7 Å². The molecule has 1 aliphatic heterocycles. The van der Waals surface area contributed by atoms with Gasteiger partial charge in [-0.2, -0.15) is 0 Å². The zero-order valence-electron chi connectivity index (χ0n) is 10.6. The molecule has 0 saturated carbocycles. The molecule has 0 spiro atoms. The van der Waals surface area contributed by atoms with Crippen molar-refractivity contribution in [1.29, 1.82) is 0 Å². The third kappa shape index (κ3) is 3.24. The lowest BCUT2D eigenvalue weighted by Gasteiger charge is -2.23. The van der Waals surface area contributed by atoms with Crippen LogP contribution in [0, 0.1) is 6.92 Å². The van der Waals surface area contributed by atoms with Gasteiger partial charge in [-0.05, 0) is 37.1 Å². The number of hydrogen-bond acceptors (Lipinski definition) is 4. The SMILES string of the molecule is Cc1cc(S(=O)(=O)NC2CCC(=O)NC2)ccc1N. The predicted molar refractivity (Wildman–Crippen MR) is 71.9 cm³/mol. The molecule has 1 saturated heterocycles. The summed E-state index contributed by atoms with van der Waals surface area (Å²) in [5.41, 5.74) is 6.95. The summed E-state index contributed by atoms with van der Waals surface area (Å²) in [7, 11) is -3.57. The highest BCUT2D eigenvalue weighted by atomic mass is 32.2. The smallest absolute Gasteiger partial charge is 0.240 e. The van der Waals surface area contributed by atoms with Gasteiger partial charge in [-0.1, -0.05) is 0 Å². The third-order valence-corrected chi connectivity index (χ3v) is 4.66. The Bertz CT molecular complexity index is 588. The van der Waals surface area contributed by atoms with E-state index in [0.717, 1.165) is 5.56 Å². The first-order valence-electron chi connectivity index (χ1n) is 6.03. The third-order valence-electron chi connectivity index (χ3n) is 3.14. The number of carbonyl (C=O) groups excluding carboxylic acids is 1. The molecule has 104 valence electrons. The maximum Gasteiger partial charge on any atom is 0.240 e. The van der Waals surface area contributed by atoms with Crippen LogP contribution in [0.5, 0.6) is 0 Å². The van der Waals surface area contributed by atoms with Crippen LogP contribution >= 0.6 is 0 Å². The second-order valence-electron chi connectivity index (χ2n) is 4.68. The van der Waals surface area contributed by atoms with Crippen molar-refractivity contribution in [2.45, 2.75) is 30.7 Å². The molecule has 1 fully saturated rings. The van der Waals surface area contributed by atoms with E-state index in [4.69, 9.17) is 5.73 Å². The van der Waals surface area contributed by atoms with E-state index in [0.29, 0.717) is 25.1 Å². The van der Waals surface area contributed by atoms with Gasteiger partial charge in [-0.15, -0.1) is 0 Å². The van der Waals surface area contributed by atoms with Gasteiger partial charge in [0.2, 0.25) is 15.9 Å². The summed E-state index contributed by atoms with van der Waals surface area (Å²) in [6, 6.07) is 4.33. The first kappa shape index (κ1) is 13.8. The van der Waals surface area contributed by atoms with Crippen LogP contribution in [0.25, 0.3) is 0 Å². The van der Waals surface area contributed by atoms with E-state index in [1.165, 1.54) is 6.07 Å². The number of benzene rings is 1. The van der Waals surface area contributed by atoms with Crippen molar-refractivity contribution >= 4 is 21.6 Å². The standard InChI is InChI=1S/C12H17N3O3S/c1-8-6-10(3-4-11(8)13)19(17,18)15-9-2-5-12(16)14-7-9/h3-4,6,9,15H,2,5,7,13H2,1H3,(H,14,16). The van der Waals surface area contributed by atoms with Crippen molar-refractivity contribution in [3.8, 4) is 0 Å². The predicted octanol–water partition coefficient (Wildman–Crippen LogP) is 0.134. The molecule has 1 aromatic carbocycles. The van der Waals surface area contributed by atoms with Crippen LogP contribution < -0.4 is 15.8 Å². The second-order valence-corrected chi connectivity index (χ2v) is 6.39. The molecule has 0 aromatic heterocycles. The highest BCUT2D eigenvalue weighted by Crippen LogP contribution is 2.17. The largest absolute Gasteiger partial charge is 0.399 e. The molecular formula is C12H17N3O3S. The first-order chi connectivity index (χ1) is 8.88. The van der Waals surface area contributed by atoms with Crippen LogP contribution in [0.3, 0.4) is 0 Å². The minimum Gasteiger partial charge on any atom is -0.399 e. The van der Waals surface area contributed by atoms with Crippen LogP contribution in [0.15, 0.2) is 23.1 Å². The number of nitrogen functional groups attached to an aromatic ring is 1. The summed E-state index contributed by atoms with van der Waals surface area (Å²) in [4.78, 5) is 11.2. The summed E-state index contributed by atoms with van der Waals surface area (Å²) < 4.78 is 27.0. The molecule has 1 aromatic rings. The Morgan fingerprint density at radius 1 is 1.42 bits per heavy atom. The van der Waals surface area contributed by atoms with Crippen molar-refractivity contribution in [1.82, 2.24) is 10.0 Å². The Morgan fingerprint density at radius 3 is 2.74 bits per heavy atom. The van der Waals surface area contributed by atoms with Crippen LogP contribution in [0.2, 0.25) is 0 Å². The number of aryl methyl sites for hydroxylation is 1. The Kier molecular flexibility index (Phi) is 3.77. The highest BCUT2D eigenvalue weighted by Gasteiger charge is 2.24. The molecule has 1 aliphatic rings. The van der Waals surface area contributed by atoms with Crippen molar-refractivity contribution in [2.75, 3.05) is 12.3 Å². The lowest BCUT2D eigenvalue weighted by Crippen LogP contribution is -2.47. The molecule has 6 nitrogen and oxygen atoms in total. The molecule has 1 atom stereocenters. The van der Waals surface area contributed by atoms with Gasteiger partial charge in [0.05, 0.1) is 4.90 Å². The fourth-order valence-corrected chi connectivity index (χ4v) is 3.29. The van der Waals surface area contributed by atoms with E-state index >= 15 is 0 Å². The van der Waals surface area contributed by atoms with E-state index in [1.54, 1.807) is 19.1 Å². The van der Waals surface area contributed by atoms with Crippen molar-refractivity contribution in [3.63, 3.8) is 0 Å². The minimum atomic E-state index is -3.57. The minimum absolute atomic E-state index is 0.0428. The molecule has 1 amide bonds. The second kappa shape index (κ2) is 5.18. The fraction of sp³-hybridized carbons (Fsp3) is 0.417. The molecule has 0 aliphatic carbocycles. The summed E-state index contributed by atoms with van der Waals surface area (Å²) in [5.74, 6) is -0.0428. The number of nitrogens with two attached hydrogens (primary N) is 1. The van der Waals surface area contributed by atoms with Gasteiger partial charge in [-0.3, -0.25) is 4.79 Å². The number of carbonyl (C=O) groups is 1. The summed E-state index contributed by atoms with van der Waals surface area (Å²) in [5, 5.41) is 2.64. The van der Waals surface area contributed by atoms with Crippen molar-refractivity contribution < 1.29 is 13.2 Å². The number of sulfonamides is 1. The molecule has 1 unspecified atom stereocenters. The topological polar surface area (TPSA) is 101 Å². The molecular weight excluding hydrogens is 266 g/mol. The van der Waals surface area contributed by atoms with E-state index < -0.39 is 10.0 Å².